The number of rotatable bonds is 6. The van der Waals surface area contributed by atoms with Crippen LogP contribution in [-0.2, 0) is 13.0 Å². The van der Waals surface area contributed by atoms with Crippen LogP contribution in [0.25, 0.3) is 6.08 Å². The summed E-state index contributed by atoms with van der Waals surface area (Å²) in [5.74, 6) is 2.17. The molecule has 0 atom stereocenters. The van der Waals surface area contributed by atoms with Crippen molar-refractivity contribution in [2.75, 3.05) is 7.11 Å². The molecule has 0 saturated heterocycles. The molecule has 0 aliphatic carbocycles. The van der Waals surface area contributed by atoms with Crippen LogP contribution in [-0.4, -0.2) is 12.9 Å². The first-order valence-electron chi connectivity index (χ1n) is 9.59. The summed E-state index contributed by atoms with van der Waals surface area (Å²) in [6.07, 6.45) is 2.76. The van der Waals surface area contributed by atoms with Crippen molar-refractivity contribution in [1.82, 2.24) is 0 Å². The van der Waals surface area contributed by atoms with E-state index in [-0.39, 0.29) is 5.78 Å². The second kappa shape index (κ2) is 8.23. The molecule has 1 aliphatic rings. The van der Waals surface area contributed by atoms with Gasteiger partial charge in [0.2, 0.25) is 5.78 Å². The lowest BCUT2D eigenvalue weighted by molar-refractivity contribution is 0.101. The van der Waals surface area contributed by atoms with E-state index in [4.69, 9.17) is 14.2 Å². The molecule has 0 amide bonds. The molecule has 0 saturated carbocycles. The highest BCUT2D eigenvalue weighted by molar-refractivity contribution is 6.14. The average molecular weight is 386 g/mol. The Morgan fingerprint density at radius 2 is 1.76 bits per heavy atom. The molecule has 0 spiro atoms. The number of allylic oxidation sites excluding steroid dienone is 1. The van der Waals surface area contributed by atoms with Gasteiger partial charge in [-0.1, -0.05) is 43.3 Å². The highest BCUT2D eigenvalue weighted by atomic mass is 16.5. The third-order valence-electron chi connectivity index (χ3n) is 4.87. The van der Waals surface area contributed by atoms with Gasteiger partial charge in [0, 0.05) is 6.07 Å². The zero-order valence-electron chi connectivity index (χ0n) is 16.5. The molecule has 0 aromatic heterocycles. The van der Waals surface area contributed by atoms with Crippen LogP contribution in [0.3, 0.4) is 0 Å². The summed E-state index contributed by atoms with van der Waals surface area (Å²) in [4.78, 5) is 12.6. The summed E-state index contributed by atoms with van der Waals surface area (Å²) >= 11 is 0. The SMILES string of the molecule is CCc1ccc(C=C2Oc3cc(OCc4cccc(OC)c4)ccc3C2=O)cc1. The summed E-state index contributed by atoms with van der Waals surface area (Å²) in [5.41, 5.74) is 3.74. The number of methoxy groups -OCH3 is 1. The smallest absolute Gasteiger partial charge is 0.231 e. The minimum Gasteiger partial charge on any atom is -0.497 e. The zero-order chi connectivity index (χ0) is 20.2. The van der Waals surface area contributed by atoms with E-state index in [1.165, 1.54) is 5.56 Å². The molecule has 1 heterocycles. The highest BCUT2D eigenvalue weighted by Crippen LogP contribution is 2.35. The first kappa shape index (κ1) is 18.8. The highest BCUT2D eigenvalue weighted by Gasteiger charge is 2.27. The molecular weight excluding hydrogens is 364 g/mol. The van der Waals surface area contributed by atoms with E-state index < -0.39 is 0 Å². The third-order valence-corrected chi connectivity index (χ3v) is 4.87. The van der Waals surface area contributed by atoms with E-state index in [9.17, 15) is 4.79 Å². The van der Waals surface area contributed by atoms with Gasteiger partial charge in [-0.15, -0.1) is 0 Å². The van der Waals surface area contributed by atoms with Gasteiger partial charge in [-0.05, 0) is 53.5 Å². The van der Waals surface area contributed by atoms with Gasteiger partial charge in [-0.25, -0.2) is 0 Å². The lowest BCUT2D eigenvalue weighted by Crippen LogP contribution is -1.98. The summed E-state index contributed by atoms with van der Waals surface area (Å²) in [6, 6.07) is 21.1. The summed E-state index contributed by atoms with van der Waals surface area (Å²) in [5, 5.41) is 0. The van der Waals surface area contributed by atoms with Gasteiger partial charge in [0.05, 0.1) is 12.7 Å². The molecule has 3 aromatic rings. The first-order valence-corrected chi connectivity index (χ1v) is 9.59. The lowest BCUT2D eigenvalue weighted by Gasteiger charge is -2.08. The fourth-order valence-electron chi connectivity index (χ4n) is 3.19. The maximum absolute atomic E-state index is 12.6. The maximum Gasteiger partial charge on any atom is 0.231 e. The summed E-state index contributed by atoms with van der Waals surface area (Å²) in [7, 11) is 1.64. The molecule has 4 rings (SSSR count). The third kappa shape index (κ3) is 4.16. The molecule has 0 bridgehead atoms. The van der Waals surface area contributed by atoms with Crippen molar-refractivity contribution in [3.05, 3.63) is 94.7 Å². The molecule has 0 N–H and O–H groups in total. The van der Waals surface area contributed by atoms with Gasteiger partial charge in [0.1, 0.15) is 23.9 Å². The lowest BCUT2D eigenvalue weighted by atomic mass is 10.1. The van der Waals surface area contributed by atoms with Gasteiger partial charge in [0.15, 0.2) is 5.76 Å². The van der Waals surface area contributed by atoms with Crippen LogP contribution in [0, 0.1) is 0 Å². The second-order valence-corrected chi connectivity index (χ2v) is 6.83. The van der Waals surface area contributed by atoms with E-state index >= 15 is 0 Å². The Morgan fingerprint density at radius 3 is 2.52 bits per heavy atom. The number of aryl methyl sites for hydroxylation is 1. The average Bonchev–Trinajstić information content (AvgIpc) is 3.07. The predicted molar refractivity (Wildman–Crippen MR) is 113 cm³/mol. The van der Waals surface area contributed by atoms with E-state index in [0.29, 0.717) is 29.4 Å². The van der Waals surface area contributed by atoms with Crippen LogP contribution < -0.4 is 14.2 Å². The number of Topliss-reactive ketones (excluding diaryl/α,β-unsaturated/α-hetero) is 1. The van der Waals surface area contributed by atoms with E-state index in [2.05, 4.69) is 19.1 Å². The number of carbonyl (C=O) groups is 1. The largest absolute Gasteiger partial charge is 0.497 e. The molecule has 1 aliphatic heterocycles. The normalized spacial score (nSPS) is 13.9. The minimum absolute atomic E-state index is 0.112. The van der Waals surface area contributed by atoms with Crippen LogP contribution in [0.4, 0.5) is 0 Å². The van der Waals surface area contributed by atoms with Crippen LogP contribution in [0.15, 0.2) is 72.5 Å². The molecule has 3 aromatic carbocycles. The molecule has 0 radical (unpaired) electrons. The van der Waals surface area contributed by atoms with Gasteiger partial charge in [-0.3, -0.25) is 4.79 Å². The van der Waals surface area contributed by atoms with E-state index in [0.717, 1.165) is 23.3 Å². The van der Waals surface area contributed by atoms with E-state index in [1.807, 2.05) is 36.4 Å². The van der Waals surface area contributed by atoms with Gasteiger partial charge < -0.3 is 14.2 Å². The summed E-state index contributed by atoms with van der Waals surface area (Å²) < 4.78 is 16.9. The fraction of sp³-hybridized carbons (Fsp3) is 0.160. The summed E-state index contributed by atoms with van der Waals surface area (Å²) in [6.45, 7) is 2.51. The topological polar surface area (TPSA) is 44.8 Å². The quantitative estimate of drug-likeness (QED) is 0.528. The number of hydrogen-bond donors (Lipinski definition) is 0. The van der Waals surface area contributed by atoms with Crippen molar-refractivity contribution in [2.45, 2.75) is 20.0 Å². The van der Waals surface area contributed by atoms with Crippen molar-refractivity contribution in [3.63, 3.8) is 0 Å². The number of carbonyl (C=O) groups excluding carboxylic acids is 1. The van der Waals surface area contributed by atoms with Crippen molar-refractivity contribution >= 4 is 11.9 Å². The van der Waals surface area contributed by atoms with Crippen LogP contribution in [0.5, 0.6) is 17.2 Å². The molecule has 0 unspecified atom stereocenters. The fourth-order valence-corrected chi connectivity index (χ4v) is 3.19. The zero-order valence-corrected chi connectivity index (χ0v) is 16.5. The standard InChI is InChI=1S/C25H22O4/c1-3-17-7-9-18(10-8-17)14-24-25(26)22-12-11-21(15-23(22)29-24)28-16-19-5-4-6-20(13-19)27-2/h4-15H,3,16H2,1-2H3. The Labute approximate surface area is 170 Å². The van der Waals surface area contributed by atoms with Gasteiger partial charge in [0.25, 0.3) is 0 Å². The Bertz CT molecular complexity index is 1060. The van der Waals surface area contributed by atoms with Crippen LogP contribution in [0.2, 0.25) is 0 Å². The number of ether oxygens (including phenoxy) is 3. The number of benzene rings is 3. The van der Waals surface area contributed by atoms with Crippen LogP contribution >= 0.6 is 0 Å². The Kier molecular flexibility index (Phi) is 5.34. The molecule has 29 heavy (non-hydrogen) atoms. The molecule has 4 nitrogen and oxygen atoms in total. The van der Waals surface area contributed by atoms with Crippen molar-refractivity contribution < 1.29 is 19.0 Å². The Balaban J connectivity index is 1.48. The minimum atomic E-state index is -0.112. The molecule has 4 heteroatoms. The predicted octanol–water partition coefficient (Wildman–Crippen LogP) is 5.45. The monoisotopic (exact) mass is 386 g/mol. The van der Waals surface area contributed by atoms with Crippen LogP contribution in [0.1, 0.15) is 34.0 Å². The Morgan fingerprint density at radius 1 is 0.931 bits per heavy atom. The van der Waals surface area contributed by atoms with Crippen molar-refractivity contribution in [1.29, 1.82) is 0 Å². The van der Waals surface area contributed by atoms with Crippen molar-refractivity contribution in [3.8, 4) is 17.2 Å². The van der Waals surface area contributed by atoms with Gasteiger partial charge in [-0.2, -0.15) is 0 Å². The number of hydrogen-bond acceptors (Lipinski definition) is 4. The first-order chi connectivity index (χ1) is 14.2. The van der Waals surface area contributed by atoms with Gasteiger partial charge >= 0.3 is 0 Å². The Hall–Kier alpha value is -3.53. The molecule has 0 fully saturated rings. The molecule has 146 valence electrons. The number of ketones is 1. The maximum atomic E-state index is 12.6. The second-order valence-electron chi connectivity index (χ2n) is 6.83. The van der Waals surface area contributed by atoms with E-state index in [1.54, 1.807) is 31.4 Å². The molecular formula is C25H22O4. The van der Waals surface area contributed by atoms with Crippen molar-refractivity contribution in [2.24, 2.45) is 0 Å². The number of fused-ring (bicyclic) bond motifs is 1.